The molecule has 0 unspecified atom stereocenters. The molecular weight excluding hydrogens is 368 g/mol. The van der Waals surface area contributed by atoms with Gasteiger partial charge in [-0.2, -0.15) is 0 Å². The first-order chi connectivity index (χ1) is 13.0. The van der Waals surface area contributed by atoms with Gasteiger partial charge in [0.1, 0.15) is 5.25 Å². The number of hydrogen-bond acceptors (Lipinski definition) is 7. The Bertz CT molecular complexity index is 885. The Labute approximate surface area is 158 Å². The maximum Gasteiger partial charge on any atom is 0.240 e. The van der Waals surface area contributed by atoms with Crippen LogP contribution in [0.5, 0.6) is 0 Å². The summed E-state index contributed by atoms with van der Waals surface area (Å²) in [5.41, 5.74) is 1.55. The predicted molar refractivity (Wildman–Crippen MR) is 98.0 cm³/mol. The molecule has 8 nitrogen and oxygen atoms in total. The molecule has 27 heavy (non-hydrogen) atoms. The van der Waals surface area contributed by atoms with E-state index in [9.17, 15) is 13.2 Å². The fourth-order valence-corrected chi connectivity index (χ4v) is 6.36. The zero-order valence-electron chi connectivity index (χ0n) is 15.2. The molecule has 1 spiro atoms. The number of aromatic nitrogens is 2. The van der Waals surface area contributed by atoms with Crippen LogP contribution in [-0.2, 0) is 31.4 Å². The molecule has 9 heteroatoms. The van der Waals surface area contributed by atoms with Gasteiger partial charge in [-0.1, -0.05) is 0 Å². The highest BCUT2D eigenvalue weighted by Gasteiger charge is 2.49. The van der Waals surface area contributed by atoms with Crippen molar-refractivity contribution in [2.75, 3.05) is 30.8 Å². The summed E-state index contributed by atoms with van der Waals surface area (Å²) in [6.07, 6.45) is 5.86. The van der Waals surface area contributed by atoms with Gasteiger partial charge in [0, 0.05) is 30.9 Å². The summed E-state index contributed by atoms with van der Waals surface area (Å²) in [4.78, 5) is 23.8. The minimum Gasteiger partial charge on any atom is -0.376 e. The Morgan fingerprint density at radius 2 is 2.19 bits per heavy atom. The van der Waals surface area contributed by atoms with Crippen molar-refractivity contribution in [2.24, 2.45) is 0 Å². The number of hydrogen-bond donors (Lipinski definition) is 1. The van der Waals surface area contributed by atoms with E-state index in [0.29, 0.717) is 51.1 Å². The highest BCUT2D eigenvalue weighted by atomic mass is 32.2. The monoisotopic (exact) mass is 392 g/mol. The molecule has 1 aromatic rings. The number of sulfone groups is 1. The van der Waals surface area contributed by atoms with E-state index >= 15 is 0 Å². The zero-order valence-corrected chi connectivity index (χ0v) is 16.0. The molecule has 4 heterocycles. The fourth-order valence-electron chi connectivity index (χ4n) is 4.52. The lowest BCUT2D eigenvalue weighted by Crippen LogP contribution is -2.45. The summed E-state index contributed by atoms with van der Waals surface area (Å²) in [6.45, 7) is 1.99. The Hall–Kier alpha value is -1.74. The van der Waals surface area contributed by atoms with Crippen LogP contribution in [0.1, 0.15) is 43.4 Å². The molecule has 4 aliphatic rings. The van der Waals surface area contributed by atoms with Crippen molar-refractivity contribution >= 4 is 21.7 Å². The second-order valence-electron chi connectivity index (χ2n) is 8.27. The summed E-state index contributed by atoms with van der Waals surface area (Å²) in [5.74, 6) is 0.514. The van der Waals surface area contributed by atoms with Gasteiger partial charge in [-0.3, -0.25) is 4.79 Å². The van der Waals surface area contributed by atoms with Crippen LogP contribution in [0, 0.1) is 0 Å². The number of amides is 1. The number of fused-ring (bicyclic) bond motifs is 2. The summed E-state index contributed by atoms with van der Waals surface area (Å²) in [5, 5.41) is 2.47. The maximum absolute atomic E-state index is 12.9. The molecule has 3 aliphatic heterocycles. The number of ether oxygens (including phenoxy) is 1. The van der Waals surface area contributed by atoms with Gasteiger partial charge in [-0.05, 0) is 32.1 Å². The van der Waals surface area contributed by atoms with Crippen molar-refractivity contribution in [3.8, 4) is 0 Å². The molecule has 2 saturated heterocycles. The molecule has 1 aliphatic carbocycles. The first kappa shape index (κ1) is 17.4. The van der Waals surface area contributed by atoms with Gasteiger partial charge in [-0.15, -0.1) is 0 Å². The molecule has 146 valence electrons. The van der Waals surface area contributed by atoms with Crippen LogP contribution in [-0.4, -0.2) is 65.9 Å². The lowest BCUT2D eigenvalue weighted by molar-refractivity contribution is -0.130. The maximum atomic E-state index is 12.9. The van der Waals surface area contributed by atoms with Gasteiger partial charge < -0.3 is 15.0 Å². The molecule has 1 N–H and O–H groups in total. The minimum atomic E-state index is -3.30. The van der Waals surface area contributed by atoms with Gasteiger partial charge in [0.05, 0.1) is 30.1 Å². The van der Waals surface area contributed by atoms with E-state index in [1.165, 1.54) is 0 Å². The van der Waals surface area contributed by atoms with E-state index in [-0.39, 0.29) is 17.1 Å². The molecule has 1 amide bonds. The first-order valence-corrected chi connectivity index (χ1v) is 11.4. The van der Waals surface area contributed by atoms with Crippen molar-refractivity contribution in [1.29, 1.82) is 0 Å². The first-order valence-electron chi connectivity index (χ1n) is 9.68. The van der Waals surface area contributed by atoms with Crippen molar-refractivity contribution in [3.63, 3.8) is 0 Å². The van der Waals surface area contributed by atoms with Crippen LogP contribution in [0.3, 0.4) is 0 Å². The van der Waals surface area contributed by atoms with Gasteiger partial charge in [0.2, 0.25) is 11.9 Å². The number of rotatable bonds is 3. The Morgan fingerprint density at radius 1 is 1.33 bits per heavy atom. The average Bonchev–Trinajstić information content (AvgIpc) is 3.24. The third kappa shape index (κ3) is 3.00. The second kappa shape index (κ2) is 6.13. The van der Waals surface area contributed by atoms with Crippen molar-refractivity contribution < 1.29 is 17.9 Å². The summed E-state index contributed by atoms with van der Waals surface area (Å²) in [7, 11) is -3.30. The Morgan fingerprint density at radius 3 is 2.93 bits per heavy atom. The average molecular weight is 392 g/mol. The molecule has 2 atom stereocenters. The van der Waals surface area contributed by atoms with E-state index in [0.717, 1.165) is 30.5 Å². The van der Waals surface area contributed by atoms with Gasteiger partial charge in [0.25, 0.3) is 0 Å². The fraction of sp³-hybridized carbons (Fsp3) is 0.722. The minimum absolute atomic E-state index is 0.123. The Kier molecular flexibility index (Phi) is 3.94. The number of nitrogens with zero attached hydrogens (tertiary/aromatic N) is 3. The molecule has 0 bridgehead atoms. The lowest BCUT2D eigenvalue weighted by Gasteiger charge is -2.34. The number of likely N-dealkylation sites (tertiary alicyclic amines) is 1. The second-order valence-corrected chi connectivity index (χ2v) is 10.6. The molecule has 1 aromatic heterocycles. The standard InChI is InChI=1S/C18H24N4O4S/c23-16(14-2-1-7-27(14,24)25)22-6-5-18(10-22)11-26-9-12-8-19-17(21-15(12)18)20-13-3-4-13/h8,13-14H,1-7,9-11H2,(H,19,20,21)/t14-,18-/m0/s1. The van der Waals surface area contributed by atoms with E-state index in [1.54, 1.807) is 4.90 Å². The van der Waals surface area contributed by atoms with Gasteiger partial charge in [-0.25, -0.2) is 18.4 Å². The number of carbonyl (C=O) groups excluding carboxylic acids is 1. The highest BCUT2D eigenvalue weighted by Crippen LogP contribution is 2.40. The van der Waals surface area contributed by atoms with Crippen LogP contribution >= 0.6 is 0 Å². The van der Waals surface area contributed by atoms with Crippen molar-refractivity contribution in [3.05, 3.63) is 17.5 Å². The number of anilines is 1. The third-order valence-corrected chi connectivity index (χ3v) is 8.34. The normalized spacial score (nSPS) is 31.9. The van der Waals surface area contributed by atoms with E-state index in [1.807, 2.05) is 6.20 Å². The molecule has 1 saturated carbocycles. The summed E-state index contributed by atoms with van der Waals surface area (Å²) in [6, 6.07) is 0.466. The molecule has 0 radical (unpaired) electrons. The zero-order chi connectivity index (χ0) is 18.6. The lowest BCUT2D eigenvalue weighted by atomic mass is 9.80. The van der Waals surface area contributed by atoms with Crippen LogP contribution < -0.4 is 5.32 Å². The van der Waals surface area contributed by atoms with Crippen molar-refractivity contribution in [2.45, 2.75) is 55.4 Å². The predicted octanol–water partition coefficient (Wildman–Crippen LogP) is 0.628. The van der Waals surface area contributed by atoms with E-state index < -0.39 is 15.1 Å². The molecule has 3 fully saturated rings. The summed E-state index contributed by atoms with van der Waals surface area (Å²) >= 11 is 0. The third-order valence-electron chi connectivity index (χ3n) is 6.18. The van der Waals surface area contributed by atoms with E-state index in [4.69, 9.17) is 9.72 Å². The number of nitrogens with one attached hydrogen (secondary N) is 1. The smallest absolute Gasteiger partial charge is 0.240 e. The van der Waals surface area contributed by atoms with Crippen molar-refractivity contribution in [1.82, 2.24) is 14.9 Å². The van der Waals surface area contributed by atoms with Gasteiger partial charge >= 0.3 is 0 Å². The SMILES string of the molecule is O=C([C@@H]1CCCS1(=O)=O)N1CC[C@@]2(COCc3cnc(NC4CC4)nc32)C1. The van der Waals surface area contributed by atoms with Crippen LogP contribution in [0.15, 0.2) is 6.20 Å². The molecular formula is C18H24N4O4S. The largest absolute Gasteiger partial charge is 0.376 e. The highest BCUT2D eigenvalue weighted by molar-refractivity contribution is 7.93. The molecule has 5 rings (SSSR count). The van der Waals surface area contributed by atoms with Crippen LogP contribution in [0.4, 0.5) is 5.95 Å². The van der Waals surface area contributed by atoms with Crippen LogP contribution in [0.2, 0.25) is 0 Å². The number of carbonyl (C=O) groups is 1. The van der Waals surface area contributed by atoms with Gasteiger partial charge in [0.15, 0.2) is 9.84 Å². The quantitative estimate of drug-likeness (QED) is 0.805. The summed E-state index contributed by atoms with van der Waals surface area (Å²) < 4.78 is 30.2. The molecule has 0 aromatic carbocycles. The Balaban J connectivity index is 1.41. The topological polar surface area (TPSA) is 101 Å². The van der Waals surface area contributed by atoms with E-state index in [2.05, 4.69) is 10.3 Å². The van der Waals surface area contributed by atoms with Crippen LogP contribution in [0.25, 0.3) is 0 Å².